The lowest BCUT2D eigenvalue weighted by molar-refractivity contribution is -0.122. The first kappa shape index (κ1) is 31.6. The molecule has 2 heterocycles. The van der Waals surface area contributed by atoms with Crippen molar-refractivity contribution in [2.45, 2.75) is 51.2 Å². The Morgan fingerprint density at radius 3 is 2.00 bits per heavy atom. The molecule has 2 aliphatic heterocycles. The molecule has 2 saturated heterocycles. The molecule has 43 heavy (non-hydrogen) atoms. The number of likely N-dealkylation sites (tertiary alicyclic amines) is 2. The quantitative estimate of drug-likeness (QED) is 0.305. The highest BCUT2D eigenvalue weighted by Gasteiger charge is 2.30. The number of carboxylic acid groups (broad SMARTS) is 1. The number of benzene rings is 3. The lowest BCUT2D eigenvalue weighted by Gasteiger charge is -2.37. The van der Waals surface area contributed by atoms with Crippen molar-refractivity contribution in [1.82, 2.24) is 9.80 Å². The van der Waals surface area contributed by atoms with E-state index in [1.165, 1.54) is 24.3 Å². The SMILES string of the molecule is Cc1c(F)ccc(C(=O)N2CCC(OC3CCN(C(=O)c4ccc(Cc5cccc(F)c5)cc4)CC3)CC2)c1N.O=CO. The molecule has 0 atom stereocenters. The van der Waals surface area contributed by atoms with E-state index in [0.717, 1.165) is 36.8 Å². The molecule has 2 fully saturated rings. The highest BCUT2D eigenvalue weighted by Crippen LogP contribution is 2.26. The summed E-state index contributed by atoms with van der Waals surface area (Å²) in [7, 11) is 0. The molecule has 2 amide bonds. The maximum absolute atomic E-state index is 13.7. The number of nitrogen functional groups attached to an aromatic ring is 1. The molecule has 2 aliphatic rings. The Labute approximate surface area is 250 Å². The number of nitrogens with zero attached hydrogens (tertiary/aromatic N) is 2. The Balaban J connectivity index is 0.00000135. The molecule has 0 aliphatic carbocycles. The van der Waals surface area contributed by atoms with Crippen LogP contribution in [0.1, 0.15) is 63.1 Å². The number of ether oxygens (including phenoxy) is 1. The zero-order chi connectivity index (χ0) is 30.9. The molecular weight excluding hydrogens is 556 g/mol. The van der Waals surface area contributed by atoms with Crippen molar-refractivity contribution >= 4 is 24.0 Å². The third kappa shape index (κ3) is 8.16. The zero-order valence-corrected chi connectivity index (χ0v) is 24.2. The summed E-state index contributed by atoms with van der Waals surface area (Å²) in [6.07, 6.45) is 3.76. The highest BCUT2D eigenvalue weighted by atomic mass is 19.1. The number of halogens is 2. The third-order valence-corrected chi connectivity index (χ3v) is 8.02. The van der Waals surface area contributed by atoms with E-state index in [4.69, 9.17) is 20.4 Å². The molecular formula is C33H37F2N3O5. The first-order valence-electron chi connectivity index (χ1n) is 14.4. The average molecular weight is 594 g/mol. The number of carbonyl (C=O) groups is 3. The Hall–Kier alpha value is -4.31. The van der Waals surface area contributed by atoms with Crippen LogP contribution in [0.3, 0.4) is 0 Å². The van der Waals surface area contributed by atoms with Crippen molar-refractivity contribution in [3.63, 3.8) is 0 Å². The van der Waals surface area contributed by atoms with Crippen LogP contribution in [0.2, 0.25) is 0 Å². The van der Waals surface area contributed by atoms with Crippen molar-refractivity contribution in [3.8, 4) is 0 Å². The van der Waals surface area contributed by atoms with Gasteiger partial charge in [-0.2, -0.15) is 0 Å². The molecule has 8 nitrogen and oxygen atoms in total. The van der Waals surface area contributed by atoms with E-state index in [2.05, 4.69) is 0 Å². The van der Waals surface area contributed by atoms with Crippen LogP contribution in [0, 0.1) is 18.6 Å². The maximum atomic E-state index is 13.7. The smallest absolute Gasteiger partial charge is 0.290 e. The van der Waals surface area contributed by atoms with E-state index in [1.54, 1.807) is 17.9 Å². The number of carbonyl (C=O) groups excluding carboxylic acids is 2. The van der Waals surface area contributed by atoms with Crippen LogP contribution in [0.25, 0.3) is 0 Å². The predicted octanol–water partition coefficient (Wildman–Crippen LogP) is 5.07. The summed E-state index contributed by atoms with van der Waals surface area (Å²) in [5.74, 6) is -0.824. The van der Waals surface area contributed by atoms with Crippen LogP contribution in [0.4, 0.5) is 14.5 Å². The van der Waals surface area contributed by atoms with E-state index < -0.39 is 5.82 Å². The maximum Gasteiger partial charge on any atom is 0.290 e. The van der Waals surface area contributed by atoms with Gasteiger partial charge >= 0.3 is 0 Å². The topological polar surface area (TPSA) is 113 Å². The van der Waals surface area contributed by atoms with Crippen LogP contribution >= 0.6 is 0 Å². The molecule has 10 heteroatoms. The van der Waals surface area contributed by atoms with E-state index in [1.807, 2.05) is 35.2 Å². The number of amides is 2. The highest BCUT2D eigenvalue weighted by molar-refractivity contribution is 5.99. The fourth-order valence-corrected chi connectivity index (χ4v) is 5.55. The second-order valence-corrected chi connectivity index (χ2v) is 10.9. The van der Waals surface area contributed by atoms with Crippen molar-refractivity contribution in [1.29, 1.82) is 0 Å². The summed E-state index contributed by atoms with van der Waals surface area (Å²) in [5, 5.41) is 6.89. The molecule has 3 aromatic rings. The van der Waals surface area contributed by atoms with Gasteiger partial charge in [0.15, 0.2) is 0 Å². The van der Waals surface area contributed by atoms with Gasteiger partial charge in [0.25, 0.3) is 18.3 Å². The first-order chi connectivity index (χ1) is 20.7. The van der Waals surface area contributed by atoms with Gasteiger partial charge < -0.3 is 25.4 Å². The van der Waals surface area contributed by atoms with E-state index in [9.17, 15) is 18.4 Å². The van der Waals surface area contributed by atoms with Gasteiger partial charge in [0.05, 0.1) is 23.5 Å². The van der Waals surface area contributed by atoms with Crippen LogP contribution < -0.4 is 5.73 Å². The molecule has 3 aromatic carbocycles. The van der Waals surface area contributed by atoms with Gasteiger partial charge in [0.1, 0.15) is 11.6 Å². The fraction of sp³-hybridized carbons (Fsp3) is 0.364. The molecule has 0 unspecified atom stereocenters. The summed E-state index contributed by atoms with van der Waals surface area (Å²) in [5.41, 5.74) is 9.41. The summed E-state index contributed by atoms with van der Waals surface area (Å²) in [6, 6.07) is 16.8. The summed E-state index contributed by atoms with van der Waals surface area (Å²) in [6.45, 7) is 3.72. The van der Waals surface area contributed by atoms with Gasteiger partial charge in [0.2, 0.25) is 0 Å². The molecule has 0 radical (unpaired) electrons. The van der Waals surface area contributed by atoms with Crippen LogP contribution in [-0.2, 0) is 16.0 Å². The normalized spacial score (nSPS) is 15.9. The van der Waals surface area contributed by atoms with E-state index in [0.29, 0.717) is 49.3 Å². The Morgan fingerprint density at radius 1 is 0.884 bits per heavy atom. The van der Waals surface area contributed by atoms with Gasteiger partial charge in [-0.15, -0.1) is 0 Å². The van der Waals surface area contributed by atoms with Gasteiger partial charge in [-0.05, 0) is 86.6 Å². The second-order valence-electron chi connectivity index (χ2n) is 10.9. The number of piperidine rings is 2. The second kappa shape index (κ2) is 14.7. The largest absolute Gasteiger partial charge is 0.483 e. The average Bonchev–Trinajstić information content (AvgIpc) is 3.01. The lowest BCUT2D eigenvalue weighted by atomic mass is 10.0. The van der Waals surface area contributed by atoms with Gasteiger partial charge in [-0.1, -0.05) is 24.3 Å². The van der Waals surface area contributed by atoms with Crippen LogP contribution in [-0.4, -0.2) is 71.6 Å². The monoisotopic (exact) mass is 593 g/mol. The van der Waals surface area contributed by atoms with E-state index in [-0.39, 0.29) is 42.0 Å². The van der Waals surface area contributed by atoms with Crippen molar-refractivity contribution in [2.24, 2.45) is 0 Å². The molecule has 5 rings (SSSR count). The number of nitrogens with two attached hydrogens (primary N) is 1. The first-order valence-corrected chi connectivity index (χ1v) is 14.4. The minimum atomic E-state index is -0.413. The fourth-order valence-electron chi connectivity index (χ4n) is 5.55. The summed E-state index contributed by atoms with van der Waals surface area (Å²) >= 11 is 0. The molecule has 0 aromatic heterocycles. The minimum Gasteiger partial charge on any atom is -0.483 e. The lowest BCUT2D eigenvalue weighted by Crippen LogP contribution is -2.45. The summed E-state index contributed by atoms with van der Waals surface area (Å²) < 4.78 is 33.5. The number of hydrogen-bond acceptors (Lipinski definition) is 5. The standard InChI is InChI=1S/C32H35F2N3O3.CH2O2/c1-21-29(34)10-9-28(30(21)35)32(39)37-17-13-27(14-18-37)40-26-11-15-36(16-12-26)31(38)24-7-5-22(6-8-24)19-23-3-2-4-25(33)20-23;2-1-3/h2-10,20,26-27H,11-19,35H2,1H3;1H,(H,2,3). The van der Waals surface area contributed by atoms with Crippen molar-refractivity contribution < 1.29 is 33.0 Å². The Kier molecular flexibility index (Phi) is 10.8. The van der Waals surface area contributed by atoms with Crippen LogP contribution in [0.5, 0.6) is 0 Å². The molecule has 0 bridgehead atoms. The van der Waals surface area contributed by atoms with E-state index >= 15 is 0 Å². The van der Waals surface area contributed by atoms with Crippen molar-refractivity contribution in [2.75, 3.05) is 31.9 Å². The third-order valence-electron chi connectivity index (χ3n) is 8.02. The predicted molar refractivity (Wildman–Crippen MR) is 159 cm³/mol. The molecule has 3 N–H and O–H groups in total. The zero-order valence-electron chi connectivity index (χ0n) is 24.2. The van der Waals surface area contributed by atoms with Crippen LogP contribution in [0.15, 0.2) is 60.7 Å². The molecule has 228 valence electrons. The Bertz CT molecular complexity index is 1420. The summed E-state index contributed by atoms with van der Waals surface area (Å²) in [4.78, 5) is 38.0. The Morgan fingerprint density at radius 2 is 1.44 bits per heavy atom. The van der Waals surface area contributed by atoms with Gasteiger partial charge in [-0.25, -0.2) is 8.78 Å². The molecule has 0 saturated carbocycles. The van der Waals surface area contributed by atoms with Crippen molar-refractivity contribution in [3.05, 3.63) is 100 Å². The number of rotatable bonds is 6. The van der Waals surface area contributed by atoms with Gasteiger partial charge in [0, 0.05) is 37.3 Å². The van der Waals surface area contributed by atoms with Gasteiger partial charge in [-0.3, -0.25) is 14.4 Å². The number of hydrogen-bond donors (Lipinski definition) is 2. The molecule has 0 spiro atoms. The minimum absolute atomic E-state index is 0.0119. The number of anilines is 1.